The van der Waals surface area contributed by atoms with Crippen LogP contribution >= 0.6 is 11.3 Å². The zero-order chi connectivity index (χ0) is 17.3. The topological polar surface area (TPSA) is 43.1 Å². The van der Waals surface area contributed by atoms with Crippen molar-refractivity contribution in [1.29, 1.82) is 0 Å². The lowest BCUT2D eigenvalue weighted by Crippen LogP contribution is -2.03. The number of benzene rings is 2. The van der Waals surface area contributed by atoms with E-state index in [2.05, 4.69) is 0 Å². The standard InChI is InChI=1S/C17H10F3NO2S/c18-17(19,20)13-5-1-11(2-6-13)15-9-24-10-16(15)12-3-7-14(8-4-12)21(22)23/h1-10H. The lowest BCUT2D eigenvalue weighted by molar-refractivity contribution is -0.384. The van der Waals surface area contributed by atoms with Crippen LogP contribution in [0.1, 0.15) is 5.56 Å². The fourth-order valence-electron chi connectivity index (χ4n) is 2.35. The lowest BCUT2D eigenvalue weighted by Gasteiger charge is -2.08. The van der Waals surface area contributed by atoms with Crippen molar-refractivity contribution in [3.63, 3.8) is 0 Å². The molecule has 0 aliphatic heterocycles. The maximum Gasteiger partial charge on any atom is 0.416 e. The number of nitro groups is 1. The van der Waals surface area contributed by atoms with Gasteiger partial charge in [0.2, 0.25) is 0 Å². The van der Waals surface area contributed by atoms with Crippen molar-refractivity contribution in [3.05, 3.63) is 75.0 Å². The minimum absolute atomic E-state index is 0.00920. The Morgan fingerprint density at radius 2 is 1.29 bits per heavy atom. The van der Waals surface area contributed by atoms with E-state index in [1.54, 1.807) is 12.1 Å². The number of hydrogen-bond acceptors (Lipinski definition) is 3. The van der Waals surface area contributed by atoms with Gasteiger partial charge in [0, 0.05) is 23.3 Å². The summed E-state index contributed by atoms with van der Waals surface area (Å²) in [6, 6.07) is 11.0. The predicted octanol–water partition coefficient (Wildman–Crippen LogP) is 6.01. The number of hydrogen-bond donors (Lipinski definition) is 0. The monoisotopic (exact) mass is 349 g/mol. The molecule has 24 heavy (non-hydrogen) atoms. The highest BCUT2D eigenvalue weighted by atomic mass is 32.1. The third-order valence-corrected chi connectivity index (χ3v) is 4.32. The van der Waals surface area contributed by atoms with Crippen LogP contribution in [0.5, 0.6) is 0 Å². The molecule has 2 aromatic carbocycles. The van der Waals surface area contributed by atoms with Gasteiger partial charge in [-0.2, -0.15) is 24.5 Å². The molecule has 7 heteroatoms. The molecule has 1 aromatic heterocycles. The summed E-state index contributed by atoms with van der Waals surface area (Å²) in [6.45, 7) is 0. The fraction of sp³-hybridized carbons (Fsp3) is 0.0588. The summed E-state index contributed by atoms with van der Waals surface area (Å²) in [5.41, 5.74) is 2.36. The van der Waals surface area contributed by atoms with Crippen LogP contribution in [0, 0.1) is 10.1 Å². The van der Waals surface area contributed by atoms with Crippen molar-refractivity contribution >= 4 is 17.0 Å². The van der Waals surface area contributed by atoms with Crippen molar-refractivity contribution < 1.29 is 18.1 Å². The van der Waals surface area contributed by atoms with Crippen molar-refractivity contribution in [2.45, 2.75) is 6.18 Å². The molecule has 0 atom stereocenters. The Morgan fingerprint density at radius 3 is 1.71 bits per heavy atom. The first-order valence-electron chi connectivity index (χ1n) is 6.85. The first-order chi connectivity index (χ1) is 11.4. The second-order valence-electron chi connectivity index (χ2n) is 5.08. The molecule has 0 bridgehead atoms. The maximum absolute atomic E-state index is 12.7. The van der Waals surface area contributed by atoms with E-state index in [1.807, 2.05) is 10.8 Å². The van der Waals surface area contributed by atoms with Gasteiger partial charge < -0.3 is 0 Å². The van der Waals surface area contributed by atoms with E-state index < -0.39 is 16.7 Å². The predicted molar refractivity (Wildman–Crippen MR) is 86.8 cm³/mol. The molecule has 0 saturated heterocycles. The lowest BCUT2D eigenvalue weighted by atomic mass is 9.98. The molecule has 0 fully saturated rings. The van der Waals surface area contributed by atoms with Crippen LogP contribution in [0.3, 0.4) is 0 Å². The number of rotatable bonds is 3. The normalized spacial score (nSPS) is 11.5. The molecule has 0 saturated carbocycles. The van der Waals surface area contributed by atoms with Crippen molar-refractivity contribution in [2.24, 2.45) is 0 Å². The van der Waals surface area contributed by atoms with Crippen LogP contribution in [0.25, 0.3) is 22.3 Å². The van der Waals surface area contributed by atoms with E-state index in [0.717, 1.165) is 28.8 Å². The van der Waals surface area contributed by atoms with Gasteiger partial charge in [0.1, 0.15) is 0 Å². The average Bonchev–Trinajstić information content (AvgIpc) is 3.04. The Labute approximate surface area is 139 Å². The fourth-order valence-corrected chi connectivity index (χ4v) is 3.21. The summed E-state index contributed by atoms with van der Waals surface area (Å²) in [5, 5.41) is 14.4. The van der Waals surface area contributed by atoms with Gasteiger partial charge in [-0.1, -0.05) is 12.1 Å². The zero-order valence-corrected chi connectivity index (χ0v) is 12.9. The molecule has 1 heterocycles. The Hall–Kier alpha value is -2.67. The highest BCUT2D eigenvalue weighted by molar-refractivity contribution is 7.08. The number of nitrogens with zero attached hydrogens (tertiary/aromatic N) is 1. The van der Waals surface area contributed by atoms with Crippen LogP contribution in [0.2, 0.25) is 0 Å². The number of thiophene rings is 1. The number of nitro benzene ring substituents is 1. The molecule has 3 rings (SSSR count). The smallest absolute Gasteiger partial charge is 0.258 e. The molecule has 3 aromatic rings. The second-order valence-corrected chi connectivity index (χ2v) is 5.82. The summed E-state index contributed by atoms with van der Waals surface area (Å²) in [4.78, 5) is 10.2. The van der Waals surface area contributed by atoms with Gasteiger partial charge in [-0.15, -0.1) is 0 Å². The van der Waals surface area contributed by atoms with Gasteiger partial charge in [0.15, 0.2) is 0 Å². The third-order valence-electron chi connectivity index (χ3n) is 3.57. The minimum atomic E-state index is -4.37. The molecule has 0 spiro atoms. The highest BCUT2D eigenvalue weighted by Gasteiger charge is 2.30. The van der Waals surface area contributed by atoms with Gasteiger partial charge in [-0.3, -0.25) is 10.1 Å². The number of alkyl halides is 3. The van der Waals surface area contributed by atoms with Crippen LogP contribution in [-0.4, -0.2) is 4.92 Å². The third kappa shape index (κ3) is 3.16. The van der Waals surface area contributed by atoms with Gasteiger partial charge in [0.25, 0.3) is 5.69 Å². The molecule has 0 radical (unpaired) electrons. The molecule has 3 nitrogen and oxygen atoms in total. The highest BCUT2D eigenvalue weighted by Crippen LogP contribution is 2.37. The van der Waals surface area contributed by atoms with E-state index in [4.69, 9.17) is 0 Å². The molecule has 0 amide bonds. The Balaban J connectivity index is 1.97. The summed E-state index contributed by atoms with van der Waals surface area (Å²) >= 11 is 1.42. The largest absolute Gasteiger partial charge is 0.416 e. The molecular weight excluding hydrogens is 339 g/mol. The van der Waals surface area contributed by atoms with Gasteiger partial charge in [0.05, 0.1) is 10.5 Å². The van der Waals surface area contributed by atoms with Gasteiger partial charge in [-0.25, -0.2) is 0 Å². The zero-order valence-electron chi connectivity index (χ0n) is 12.1. The minimum Gasteiger partial charge on any atom is -0.258 e. The van der Waals surface area contributed by atoms with Gasteiger partial charge in [-0.05, 0) is 46.2 Å². The average molecular weight is 349 g/mol. The van der Waals surface area contributed by atoms with E-state index in [0.29, 0.717) is 5.56 Å². The van der Waals surface area contributed by atoms with Crippen molar-refractivity contribution in [2.75, 3.05) is 0 Å². The SMILES string of the molecule is O=[N+]([O-])c1ccc(-c2cscc2-c2ccc(C(F)(F)F)cc2)cc1. The second kappa shape index (κ2) is 6.09. The van der Waals surface area contributed by atoms with E-state index in [-0.39, 0.29) is 5.69 Å². The van der Waals surface area contributed by atoms with Crippen molar-refractivity contribution in [1.82, 2.24) is 0 Å². The molecular formula is C17H10F3NO2S. The summed E-state index contributed by atoms with van der Waals surface area (Å²) < 4.78 is 38.0. The van der Waals surface area contributed by atoms with Gasteiger partial charge >= 0.3 is 6.18 Å². The first kappa shape index (κ1) is 16.2. The Kier molecular flexibility index (Phi) is 4.11. The quantitative estimate of drug-likeness (QED) is 0.429. The number of non-ortho nitro benzene ring substituents is 1. The van der Waals surface area contributed by atoms with Crippen LogP contribution in [-0.2, 0) is 6.18 Å². The summed E-state index contributed by atoms with van der Waals surface area (Å²) in [7, 11) is 0. The van der Waals surface area contributed by atoms with E-state index in [9.17, 15) is 23.3 Å². The summed E-state index contributed by atoms with van der Waals surface area (Å²) in [5.74, 6) is 0. The molecule has 0 aliphatic rings. The maximum atomic E-state index is 12.7. The van der Waals surface area contributed by atoms with Crippen LogP contribution in [0.4, 0.5) is 18.9 Å². The van der Waals surface area contributed by atoms with Crippen LogP contribution in [0.15, 0.2) is 59.3 Å². The Bertz CT molecular complexity index is 868. The van der Waals surface area contributed by atoms with Crippen LogP contribution < -0.4 is 0 Å². The van der Waals surface area contributed by atoms with E-state index >= 15 is 0 Å². The Morgan fingerprint density at radius 1 is 0.833 bits per heavy atom. The molecule has 122 valence electrons. The summed E-state index contributed by atoms with van der Waals surface area (Å²) in [6.07, 6.45) is -4.37. The molecule has 0 unspecified atom stereocenters. The number of halogens is 3. The molecule has 0 aliphatic carbocycles. The van der Waals surface area contributed by atoms with Crippen molar-refractivity contribution in [3.8, 4) is 22.3 Å². The van der Waals surface area contributed by atoms with E-state index in [1.165, 1.54) is 35.6 Å². The first-order valence-corrected chi connectivity index (χ1v) is 7.79. The molecule has 0 N–H and O–H groups in total.